The van der Waals surface area contributed by atoms with Gasteiger partial charge in [-0.15, -0.1) is 0 Å². The van der Waals surface area contributed by atoms with Crippen LogP contribution in [0.15, 0.2) is 0 Å². The number of ether oxygens (including phenoxy) is 2. The molecule has 0 aliphatic rings. The molecule has 0 spiro atoms. The predicted molar refractivity (Wildman–Crippen MR) is 233 cm³/mol. The lowest BCUT2D eigenvalue weighted by Gasteiger charge is -2.20. The van der Waals surface area contributed by atoms with Crippen molar-refractivity contribution in [3.8, 4) is 0 Å². The maximum atomic E-state index is 12.6. The molecule has 0 radical (unpaired) electrons. The van der Waals surface area contributed by atoms with Crippen LogP contribution in [0, 0.1) is 0 Å². The normalized spacial score (nSPS) is 13.7. The summed E-state index contributed by atoms with van der Waals surface area (Å²) in [6.07, 6.45) is 40.7. The number of aliphatic hydroxyl groups excluding tert-OH is 2. The highest BCUT2D eigenvalue weighted by molar-refractivity contribution is 7.47. The number of carbonyl (C=O) groups is 2. The molecule has 0 fully saturated rings. The third kappa shape index (κ3) is 42.9. The number of hydrogen-bond donors (Lipinski definition) is 3. The lowest BCUT2D eigenvalue weighted by Crippen LogP contribution is -2.29. The van der Waals surface area contributed by atoms with Crippen molar-refractivity contribution in [2.75, 3.05) is 26.4 Å². The average Bonchev–Trinajstić information content (AvgIpc) is 3.20. The predicted octanol–water partition coefficient (Wildman–Crippen LogP) is 13.0. The number of unbranched alkanes of at least 4 members (excludes halogenated alkanes) is 32. The Balaban J connectivity index is 4.16. The lowest BCUT2D eigenvalue weighted by molar-refractivity contribution is -0.161. The van der Waals surface area contributed by atoms with Crippen molar-refractivity contribution in [1.82, 2.24) is 0 Å². The number of rotatable bonds is 46. The Morgan fingerprint density at radius 3 is 1.09 bits per heavy atom. The van der Waals surface area contributed by atoms with E-state index in [1.807, 2.05) is 0 Å². The first kappa shape index (κ1) is 56.0. The van der Waals surface area contributed by atoms with Crippen molar-refractivity contribution in [2.45, 2.75) is 257 Å². The zero-order valence-electron chi connectivity index (χ0n) is 37.1. The van der Waals surface area contributed by atoms with Crippen LogP contribution in [0.3, 0.4) is 0 Å². The highest BCUT2D eigenvalue weighted by Gasteiger charge is 2.27. The van der Waals surface area contributed by atoms with Crippen LogP contribution in [-0.4, -0.2) is 65.7 Å². The molecule has 0 aromatic heterocycles. The second-order valence-electron chi connectivity index (χ2n) is 16.5. The Kier molecular flexibility index (Phi) is 42.3. The van der Waals surface area contributed by atoms with Gasteiger partial charge in [-0.25, -0.2) is 4.57 Å². The zero-order valence-corrected chi connectivity index (χ0v) is 38.0. The van der Waals surface area contributed by atoms with Crippen LogP contribution >= 0.6 is 7.82 Å². The van der Waals surface area contributed by atoms with Gasteiger partial charge in [-0.2, -0.15) is 0 Å². The molecular weight excluding hydrogens is 743 g/mol. The van der Waals surface area contributed by atoms with E-state index in [0.717, 1.165) is 32.1 Å². The Hall–Kier alpha value is -1.03. The Morgan fingerprint density at radius 1 is 0.456 bits per heavy atom. The zero-order chi connectivity index (χ0) is 41.9. The van der Waals surface area contributed by atoms with Gasteiger partial charge in [0.2, 0.25) is 0 Å². The highest BCUT2D eigenvalue weighted by atomic mass is 31.2. The van der Waals surface area contributed by atoms with Gasteiger partial charge in [0.1, 0.15) is 12.7 Å². The minimum Gasteiger partial charge on any atom is -0.462 e. The van der Waals surface area contributed by atoms with E-state index in [-0.39, 0.29) is 19.4 Å². The fourth-order valence-electron chi connectivity index (χ4n) is 7.05. The molecule has 10 nitrogen and oxygen atoms in total. The first-order chi connectivity index (χ1) is 27.7. The van der Waals surface area contributed by atoms with Crippen molar-refractivity contribution in [2.24, 2.45) is 0 Å². The van der Waals surface area contributed by atoms with E-state index in [2.05, 4.69) is 13.8 Å². The van der Waals surface area contributed by atoms with Crippen molar-refractivity contribution < 1.29 is 47.8 Å². The summed E-state index contributed by atoms with van der Waals surface area (Å²) in [5, 5.41) is 18.4. The molecule has 0 heterocycles. The Morgan fingerprint density at radius 2 is 0.754 bits per heavy atom. The number of phosphoric acid groups is 1. The summed E-state index contributed by atoms with van der Waals surface area (Å²) < 4.78 is 32.8. The maximum absolute atomic E-state index is 12.6. The molecule has 1 unspecified atom stereocenters. The van der Waals surface area contributed by atoms with Crippen molar-refractivity contribution in [3.05, 3.63) is 0 Å². The van der Waals surface area contributed by atoms with E-state index in [0.29, 0.717) is 12.8 Å². The van der Waals surface area contributed by atoms with E-state index in [9.17, 15) is 24.2 Å². The van der Waals surface area contributed by atoms with Gasteiger partial charge < -0.3 is 24.6 Å². The van der Waals surface area contributed by atoms with Gasteiger partial charge in [-0.3, -0.25) is 18.6 Å². The number of aliphatic hydroxyl groups is 2. The summed E-state index contributed by atoms with van der Waals surface area (Å²) in [6.45, 7) is 2.44. The van der Waals surface area contributed by atoms with Gasteiger partial charge in [0.25, 0.3) is 0 Å². The molecule has 11 heteroatoms. The van der Waals surface area contributed by atoms with Crippen LogP contribution in [0.4, 0.5) is 0 Å². The van der Waals surface area contributed by atoms with Gasteiger partial charge >= 0.3 is 19.8 Å². The largest absolute Gasteiger partial charge is 0.472 e. The molecule has 3 N–H and O–H groups in total. The SMILES string of the molecule is CCCCCCCCCCCCCCCCCCCCCCC(=O)O[C@H](COC(=O)CCCCCCCCCCCCCCCC)COP(=O)(O)OC[C@@H](O)CO. The maximum Gasteiger partial charge on any atom is 0.472 e. The minimum absolute atomic E-state index is 0.193. The summed E-state index contributed by atoms with van der Waals surface area (Å²) in [5.41, 5.74) is 0. The fourth-order valence-corrected chi connectivity index (χ4v) is 7.84. The molecule has 57 heavy (non-hydrogen) atoms. The third-order valence-corrected chi connectivity index (χ3v) is 11.7. The molecule has 0 amide bonds. The van der Waals surface area contributed by atoms with E-state index >= 15 is 0 Å². The van der Waals surface area contributed by atoms with Crippen molar-refractivity contribution in [3.63, 3.8) is 0 Å². The molecule has 0 saturated carbocycles. The van der Waals surface area contributed by atoms with Gasteiger partial charge in [0.15, 0.2) is 6.10 Å². The molecule has 0 bridgehead atoms. The molecule has 0 rings (SSSR count). The van der Waals surface area contributed by atoms with Crippen LogP contribution in [-0.2, 0) is 32.7 Å². The summed E-state index contributed by atoms with van der Waals surface area (Å²) in [5.74, 6) is -0.906. The van der Waals surface area contributed by atoms with Crippen LogP contribution < -0.4 is 0 Å². The van der Waals surface area contributed by atoms with Gasteiger partial charge in [0.05, 0.1) is 19.8 Å². The average molecular weight is 835 g/mol. The second-order valence-corrected chi connectivity index (χ2v) is 18.0. The third-order valence-electron chi connectivity index (χ3n) is 10.8. The Labute approximate surface area is 350 Å². The van der Waals surface area contributed by atoms with E-state index in [1.54, 1.807) is 0 Å². The summed E-state index contributed by atoms with van der Waals surface area (Å²) in [4.78, 5) is 35.1. The summed E-state index contributed by atoms with van der Waals surface area (Å²) in [7, 11) is -4.61. The molecule has 3 atom stereocenters. The monoisotopic (exact) mass is 835 g/mol. The number of esters is 2. The lowest BCUT2D eigenvalue weighted by atomic mass is 10.0. The second kappa shape index (κ2) is 43.1. The van der Waals surface area contributed by atoms with Crippen molar-refractivity contribution in [1.29, 1.82) is 0 Å². The molecule has 340 valence electrons. The molecule has 0 aromatic rings. The van der Waals surface area contributed by atoms with Crippen molar-refractivity contribution >= 4 is 19.8 Å². The topological polar surface area (TPSA) is 149 Å². The van der Waals surface area contributed by atoms with Gasteiger partial charge in [0, 0.05) is 12.8 Å². The van der Waals surface area contributed by atoms with Crippen LogP contribution in [0.2, 0.25) is 0 Å². The van der Waals surface area contributed by atoms with Crippen LogP contribution in [0.5, 0.6) is 0 Å². The first-order valence-electron chi connectivity index (χ1n) is 24.0. The fraction of sp³-hybridized carbons (Fsp3) is 0.957. The van der Waals surface area contributed by atoms with Crippen LogP contribution in [0.25, 0.3) is 0 Å². The van der Waals surface area contributed by atoms with E-state index in [1.165, 1.54) is 173 Å². The molecule has 0 aliphatic heterocycles. The minimum atomic E-state index is -4.61. The van der Waals surface area contributed by atoms with E-state index < -0.39 is 51.8 Å². The molecule has 0 aliphatic carbocycles. The first-order valence-corrected chi connectivity index (χ1v) is 25.5. The van der Waals surface area contributed by atoms with Gasteiger partial charge in [-0.05, 0) is 12.8 Å². The summed E-state index contributed by atoms with van der Waals surface area (Å²) in [6, 6.07) is 0. The molecular formula is C46H91O10P. The smallest absolute Gasteiger partial charge is 0.462 e. The van der Waals surface area contributed by atoms with E-state index in [4.69, 9.17) is 23.6 Å². The standard InChI is InChI=1S/C46H91O10P/c1-3-5-7-9-11-13-15-17-19-20-21-22-23-24-26-28-30-32-34-36-38-46(50)56-44(42-55-57(51,52)54-40-43(48)39-47)41-53-45(49)37-35-33-31-29-27-25-18-16-14-12-10-8-6-4-2/h43-44,47-48H,3-42H2,1-2H3,(H,51,52)/t43-,44+/m0/s1. The highest BCUT2D eigenvalue weighted by Crippen LogP contribution is 2.43. The number of carbonyl (C=O) groups excluding carboxylic acids is 2. The summed E-state index contributed by atoms with van der Waals surface area (Å²) >= 11 is 0. The number of hydrogen-bond acceptors (Lipinski definition) is 9. The number of phosphoric ester groups is 1. The molecule has 0 saturated heterocycles. The Bertz CT molecular complexity index is 920. The van der Waals surface area contributed by atoms with Crippen LogP contribution in [0.1, 0.15) is 245 Å². The molecule has 0 aromatic carbocycles. The quantitative estimate of drug-likeness (QED) is 0.0307. The van der Waals surface area contributed by atoms with Gasteiger partial charge in [-0.1, -0.05) is 219 Å².